The summed E-state index contributed by atoms with van der Waals surface area (Å²) in [6.45, 7) is 1.04. The predicted octanol–water partition coefficient (Wildman–Crippen LogP) is 0.179. The van der Waals surface area contributed by atoms with Gasteiger partial charge in [0.2, 0.25) is 0 Å². The highest BCUT2D eigenvalue weighted by molar-refractivity contribution is 6.81. The monoisotopic (exact) mass is 196 g/mol. The van der Waals surface area contributed by atoms with E-state index in [9.17, 15) is 14.9 Å². The van der Waals surface area contributed by atoms with Crippen molar-refractivity contribution in [2.75, 3.05) is 0 Å². The lowest BCUT2D eigenvalue weighted by atomic mass is 10.6. The summed E-state index contributed by atoms with van der Waals surface area (Å²) < 4.78 is 4.10. The van der Waals surface area contributed by atoms with Crippen molar-refractivity contribution in [3.63, 3.8) is 0 Å². The van der Waals surface area contributed by atoms with Gasteiger partial charge in [0.1, 0.15) is 0 Å². The van der Waals surface area contributed by atoms with E-state index in [1.165, 1.54) is 0 Å². The van der Waals surface area contributed by atoms with E-state index >= 15 is 0 Å². The molecular formula is C4H5ClN2O5. The molecule has 7 nitrogen and oxygen atoms in total. The fourth-order valence-corrected chi connectivity index (χ4v) is 0.332. The number of ether oxygens (including phenoxy) is 1. The van der Waals surface area contributed by atoms with E-state index in [1.807, 2.05) is 0 Å². The Morgan fingerprint density at radius 3 is 2.67 bits per heavy atom. The van der Waals surface area contributed by atoms with Gasteiger partial charge in [0.15, 0.2) is 0 Å². The maximum atomic E-state index is 10.5. The highest BCUT2D eigenvalue weighted by Gasteiger charge is 2.21. The van der Waals surface area contributed by atoms with Crippen LogP contribution in [0, 0.1) is 10.1 Å². The van der Waals surface area contributed by atoms with Crippen molar-refractivity contribution in [2.24, 2.45) is 5.16 Å². The van der Waals surface area contributed by atoms with Crippen LogP contribution in [-0.4, -0.2) is 27.5 Å². The van der Waals surface area contributed by atoms with Crippen LogP contribution in [0.2, 0.25) is 0 Å². The summed E-state index contributed by atoms with van der Waals surface area (Å²) >= 11 is 4.97. The van der Waals surface area contributed by atoms with Gasteiger partial charge in [0, 0.05) is 6.92 Å². The van der Waals surface area contributed by atoms with Crippen LogP contribution < -0.4 is 0 Å². The molecule has 0 rings (SSSR count). The van der Waals surface area contributed by atoms with Crippen LogP contribution >= 0.6 is 11.6 Å². The molecule has 0 aliphatic rings. The highest BCUT2D eigenvalue weighted by atomic mass is 35.5. The van der Waals surface area contributed by atoms with E-state index in [0.717, 1.165) is 6.92 Å². The number of carbonyl (C=O) groups excluding carboxylic acids is 1. The third kappa shape index (κ3) is 3.15. The van der Waals surface area contributed by atoms with Gasteiger partial charge in [-0.05, 0) is 0 Å². The maximum absolute atomic E-state index is 10.5. The molecule has 12 heavy (non-hydrogen) atoms. The van der Waals surface area contributed by atoms with Crippen molar-refractivity contribution in [1.82, 2.24) is 0 Å². The van der Waals surface area contributed by atoms with Crippen LogP contribution in [0.5, 0.6) is 0 Å². The van der Waals surface area contributed by atoms with Gasteiger partial charge in [0.25, 0.3) is 5.17 Å². The van der Waals surface area contributed by atoms with Gasteiger partial charge in [-0.2, -0.15) is 0 Å². The molecule has 0 saturated carbocycles. The second kappa shape index (κ2) is 4.50. The lowest BCUT2D eigenvalue weighted by Gasteiger charge is -2.02. The van der Waals surface area contributed by atoms with Crippen molar-refractivity contribution < 1.29 is 19.7 Å². The Balaban J connectivity index is 4.11. The number of hydrogen-bond donors (Lipinski definition) is 1. The maximum Gasteiger partial charge on any atom is 0.377 e. The van der Waals surface area contributed by atoms with Gasteiger partial charge < -0.3 is 9.94 Å². The zero-order valence-corrected chi connectivity index (χ0v) is 6.69. The third-order valence-corrected chi connectivity index (χ3v) is 1.06. The molecule has 0 aliphatic heterocycles. The molecule has 0 fully saturated rings. The molecular weight excluding hydrogens is 192 g/mol. The van der Waals surface area contributed by atoms with Gasteiger partial charge in [-0.3, -0.25) is 10.1 Å². The summed E-state index contributed by atoms with van der Waals surface area (Å²) in [6.07, 6.45) is -1.52. The minimum atomic E-state index is -1.52. The Labute approximate surface area is 71.7 Å². The second-order valence-corrected chi connectivity index (χ2v) is 2.04. The first-order chi connectivity index (χ1) is 5.49. The number of hydrogen-bond acceptors (Lipinski definition) is 6. The van der Waals surface area contributed by atoms with E-state index in [-0.39, 0.29) is 0 Å². The highest BCUT2D eigenvalue weighted by Crippen LogP contribution is 1.96. The normalized spacial score (nSPS) is 13.7. The summed E-state index contributed by atoms with van der Waals surface area (Å²) in [6, 6.07) is 0. The van der Waals surface area contributed by atoms with Crippen LogP contribution in [0.4, 0.5) is 0 Å². The first kappa shape index (κ1) is 10.6. The SMILES string of the molecule is CC(OC(=O)C(Cl)=NO)[N+](=O)[O-]. The zero-order chi connectivity index (χ0) is 9.72. The van der Waals surface area contributed by atoms with Crippen molar-refractivity contribution in [3.8, 4) is 0 Å². The third-order valence-electron chi connectivity index (χ3n) is 0.831. The zero-order valence-electron chi connectivity index (χ0n) is 5.93. The van der Waals surface area contributed by atoms with Crippen LogP contribution in [0.25, 0.3) is 0 Å². The fourth-order valence-electron chi connectivity index (χ4n) is 0.287. The largest absolute Gasteiger partial charge is 0.409 e. The molecule has 0 spiro atoms. The van der Waals surface area contributed by atoms with Gasteiger partial charge >= 0.3 is 12.2 Å². The van der Waals surface area contributed by atoms with Crippen LogP contribution in [0.1, 0.15) is 6.92 Å². The average Bonchev–Trinajstić information content (AvgIpc) is 2.02. The Kier molecular flexibility index (Phi) is 3.98. The Morgan fingerprint density at radius 1 is 1.83 bits per heavy atom. The molecule has 0 aromatic carbocycles. The summed E-state index contributed by atoms with van der Waals surface area (Å²) in [7, 11) is 0. The molecule has 0 aliphatic carbocycles. The van der Waals surface area contributed by atoms with Gasteiger partial charge in [0.05, 0.1) is 4.92 Å². The number of esters is 1. The molecule has 1 atom stereocenters. The van der Waals surface area contributed by atoms with Crippen molar-refractivity contribution in [1.29, 1.82) is 0 Å². The summed E-state index contributed by atoms with van der Waals surface area (Å²) in [5, 5.41) is 19.3. The van der Waals surface area contributed by atoms with E-state index in [2.05, 4.69) is 9.89 Å². The average molecular weight is 197 g/mol. The molecule has 1 unspecified atom stereocenters. The fraction of sp³-hybridized carbons (Fsp3) is 0.500. The Hall–Kier alpha value is -1.37. The molecule has 1 N–H and O–H groups in total. The van der Waals surface area contributed by atoms with Crippen LogP contribution in [0.15, 0.2) is 5.16 Å². The van der Waals surface area contributed by atoms with Gasteiger partial charge in [-0.1, -0.05) is 16.8 Å². The molecule has 68 valence electrons. The first-order valence-corrected chi connectivity index (χ1v) is 3.09. The van der Waals surface area contributed by atoms with Crippen molar-refractivity contribution in [3.05, 3.63) is 10.1 Å². The Morgan fingerprint density at radius 2 is 2.33 bits per heavy atom. The summed E-state index contributed by atoms with van der Waals surface area (Å²) in [4.78, 5) is 19.6. The smallest absolute Gasteiger partial charge is 0.377 e. The number of halogens is 1. The van der Waals surface area contributed by atoms with E-state index in [0.29, 0.717) is 0 Å². The van der Waals surface area contributed by atoms with Gasteiger partial charge in [-0.25, -0.2) is 4.79 Å². The quantitative estimate of drug-likeness (QED) is 0.173. The lowest BCUT2D eigenvalue weighted by Crippen LogP contribution is -2.25. The molecule has 0 bridgehead atoms. The molecule has 0 saturated heterocycles. The van der Waals surface area contributed by atoms with Crippen molar-refractivity contribution >= 4 is 22.7 Å². The van der Waals surface area contributed by atoms with E-state index in [1.54, 1.807) is 0 Å². The van der Waals surface area contributed by atoms with E-state index < -0.39 is 22.3 Å². The molecule has 8 heteroatoms. The summed E-state index contributed by atoms with van der Waals surface area (Å²) in [5.41, 5.74) is 0. The van der Waals surface area contributed by atoms with E-state index in [4.69, 9.17) is 16.8 Å². The lowest BCUT2D eigenvalue weighted by molar-refractivity contribution is -0.562. The van der Waals surface area contributed by atoms with Gasteiger partial charge in [-0.15, -0.1) is 0 Å². The number of nitrogens with zero attached hydrogens (tertiary/aromatic N) is 2. The topological polar surface area (TPSA) is 102 Å². The standard InChI is InChI=1S/C4H5ClN2O5/c1-2(7(10)11)12-4(8)3(5)6-9/h2,9H,1H3. The number of rotatable bonds is 3. The number of nitro groups is 1. The summed E-state index contributed by atoms with van der Waals surface area (Å²) in [5.74, 6) is -1.25. The minimum absolute atomic E-state index is 0.834. The molecule has 0 aromatic rings. The second-order valence-electron chi connectivity index (χ2n) is 1.68. The molecule has 0 radical (unpaired) electrons. The Bertz CT molecular complexity index is 227. The molecule has 0 heterocycles. The minimum Gasteiger partial charge on any atom is -0.409 e. The number of carbonyl (C=O) groups is 1. The van der Waals surface area contributed by atoms with Crippen LogP contribution in [0.3, 0.4) is 0 Å². The molecule has 0 aromatic heterocycles. The van der Waals surface area contributed by atoms with Crippen molar-refractivity contribution in [2.45, 2.75) is 13.2 Å². The molecule has 0 amide bonds. The van der Waals surface area contributed by atoms with Crippen LogP contribution in [-0.2, 0) is 9.53 Å². The first-order valence-electron chi connectivity index (χ1n) is 2.71. The number of oxime groups is 1. The predicted molar refractivity (Wildman–Crippen MR) is 37.6 cm³/mol.